The molecule has 5 heteroatoms. The number of carbonyl (C=O) groups excluding carboxylic acids is 2. The van der Waals surface area contributed by atoms with E-state index >= 15 is 0 Å². The summed E-state index contributed by atoms with van der Waals surface area (Å²) >= 11 is 3.40. The molecule has 2 amide bonds. The normalized spacial score (nSPS) is 22.6. The number of rotatable bonds is 4. The molecule has 114 valence electrons. The van der Waals surface area contributed by atoms with E-state index in [2.05, 4.69) is 35.1 Å². The monoisotopic (exact) mass is 352 g/mol. The molecule has 1 aliphatic rings. The molecule has 0 bridgehead atoms. The summed E-state index contributed by atoms with van der Waals surface area (Å²) in [6.45, 7) is 6.35. The molecule has 0 aliphatic carbocycles. The van der Waals surface area contributed by atoms with E-state index in [1.54, 1.807) is 11.8 Å². The standard InChI is InChI=1S/C16H21BrN2O2/c1-10(2)8-14-16(21)19(11(3)15(20)18-14)9-12-4-6-13(17)7-5-12/h4-7,10-11,14H,8-9H2,1-3H3,(H,18,20). The topological polar surface area (TPSA) is 49.4 Å². The summed E-state index contributed by atoms with van der Waals surface area (Å²) in [5.74, 6) is 0.304. The molecule has 0 saturated carbocycles. The highest BCUT2D eigenvalue weighted by atomic mass is 79.9. The number of amides is 2. The zero-order chi connectivity index (χ0) is 15.6. The van der Waals surface area contributed by atoms with E-state index in [1.807, 2.05) is 24.3 Å². The molecule has 0 spiro atoms. The first-order chi connectivity index (χ1) is 9.88. The van der Waals surface area contributed by atoms with Crippen molar-refractivity contribution >= 4 is 27.7 Å². The predicted molar refractivity (Wildman–Crippen MR) is 85.5 cm³/mol. The lowest BCUT2D eigenvalue weighted by Crippen LogP contribution is -2.62. The SMILES string of the molecule is CC(C)CC1NC(=O)C(C)N(Cc2ccc(Br)cc2)C1=O. The second kappa shape index (κ2) is 6.60. The maximum atomic E-state index is 12.6. The number of halogens is 1. The zero-order valence-corrected chi connectivity index (χ0v) is 14.2. The van der Waals surface area contributed by atoms with E-state index in [4.69, 9.17) is 0 Å². The van der Waals surface area contributed by atoms with Crippen molar-refractivity contribution in [2.24, 2.45) is 5.92 Å². The molecule has 1 heterocycles. The quantitative estimate of drug-likeness (QED) is 0.905. The number of hydrogen-bond donors (Lipinski definition) is 1. The number of nitrogens with one attached hydrogen (secondary N) is 1. The summed E-state index contributed by atoms with van der Waals surface area (Å²) < 4.78 is 1.000. The smallest absolute Gasteiger partial charge is 0.246 e. The molecule has 4 nitrogen and oxygen atoms in total. The first-order valence-electron chi connectivity index (χ1n) is 7.23. The summed E-state index contributed by atoms with van der Waals surface area (Å²) in [6.07, 6.45) is 0.675. The molecule has 2 atom stereocenters. The highest BCUT2D eigenvalue weighted by Gasteiger charge is 2.37. The summed E-state index contributed by atoms with van der Waals surface area (Å²) in [6, 6.07) is 7.00. The molecule has 2 rings (SSSR count). The van der Waals surface area contributed by atoms with Gasteiger partial charge in [0.25, 0.3) is 0 Å². The van der Waals surface area contributed by atoms with Gasteiger partial charge >= 0.3 is 0 Å². The molecular formula is C16H21BrN2O2. The highest BCUT2D eigenvalue weighted by Crippen LogP contribution is 2.19. The number of benzene rings is 1. The molecule has 1 aliphatic heterocycles. The van der Waals surface area contributed by atoms with E-state index in [0.29, 0.717) is 18.9 Å². The Balaban J connectivity index is 2.16. The predicted octanol–water partition coefficient (Wildman–Crippen LogP) is 2.71. The Labute approximate surface area is 134 Å². The molecule has 0 aromatic heterocycles. The van der Waals surface area contributed by atoms with Gasteiger partial charge in [0.05, 0.1) is 0 Å². The first kappa shape index (κ1) is 16.0. The van der Waals surface area contributed by atoms with Crippen LogP contribution in [0.15, 0.2) is 28.7 Å². The summed E-state index contributed by atoms with van der Waals surface area (Å²) in [4.78, 5) is 26.3. The van der Waals surface area contributed by atoms with Crippen LogP contribution in [0, 0.1) is 5.92 Å². The summed E-state index contributed by atoms with van der Waals surface area (Å²) in [5.41, 5.74) is 1.02. The Morgan fingerprint density at radius 1 is 1.24 bits per heavy atom. The van der Waals surface area contributed by atoms with Crippen LogP contribution in [0.4, 0.5) is 0 Å². The summed E-state index contributed by atoms with van der Waals surface area (Å²) in [5, 5.41) is 2.83. The van der Waals surface area contributed by atoms with Crippen molar-refractivity contribution in [3.63, 3.8) is 0 Å². The average Bonchev–Trinajstić information content (AvgIpc) is 2.42. The second-order valence-corrected chi connectivity index (χ2v) is 6.87. The van der Waals surface area contributed by atoms with Crippen LogP contribution in [0.1, 0.15) is 32.8 Å². The second-order valence-electron chi connectivity index (χ2n) is 5.96. The molecule has 0 radical (unpaired) electrons. The summed E-state index contributed by atoms with van der Waals surface area (Å²) in [7, 11) is 0. The van der Waals surface area contributed by atoms with Gasteiger partial charge in [0.2, 0.25) is 11.8 Å². The fraction of sp³-hybridized carbons (Fsp3) is 0.500. The van der Waals surface area contributed by atoms with Crippen molar-refractivity contribution < 1.29 is 9.59 Å². The maximum Gasteiger partial charge on any atom is 0.246 e. The van der Waals surface area contributed by atoms with Crippen LogP contribution in [-0.4, -0.2) is 28.8 Å². The molecule has 1 saturated heterocycles. The van der Waals surface area contributed by atoms with E-state index in [9.17, 15) is 9.59 Å². The largest absolute Gasteiger partial charge is 0.343 e. The van der Waals surface area contributed by atoms with Gasteiger partial charge in [0.15, 0.2) is 0 Å². The van der Waals surface area contributed by atoms with Crippen LogP contribution in [0.3, 0.4) is 0 Å². The van der Waals surface area contributed by atoms with Crippen LogP contribution >= 0.6 is 15.9 Å². The lowest BCUT2D eigenvalue weighted by Gasteiger charge is -2.38. The van der Waals surface area contributed by atoms with Gasteiger partial charge in [-0.3, -0.25) is 9.59 Å². The van der Waals surface area contributed by atoms with Crippen LogP contribution in [0.5, 0.6) is 0 Å². The van der Waals surface area contributed by atoms with Gasteiger partial charge in [-0.1, -0.05) is 41.9 Å². The Kier molecular flexibility index (Phi) is 5.04. The average molecular weight is 353 g/mol. The number of carbonyl (C=O) groups is 2. The van der Waals surface area contributed by atoms with Gasteiger partial charge < -0.3 is 10.2 Å². The molecule has 1 aromatic rings. The van der Waals surface area contributed by atoms with Crippen molar-refractivity contribution in [3.05, 3.63) is 34.3 Å². The molecular weight excluding hydrogens is 332 g/mol. The molecule has 1 aromatic carbocycles. The number of hydrogen-bond acceptors (Lipinski definition) is 2. The third kappa shape index (κ3) is 3.84. The maximum absolute atomic E-state index is 12.6. The van der Waals surface area contributed by atoms with Crippen LogP contribution in [0.2, 0.25) is 0 Å². The lowest BCUT2D eigenvalue weighted by molar-refractivity contribution is -0.149. The van der Waals surface area contributed by atoms with Gasteiger partial charge in [-0.2, -0.15) is 0 Å². The van der Waals surface area contributed by atoms with Crippen molar-refractivity contribution in [2.45, 2.75) is 45.8 Å². The Bertz CT molecular complexity index is 528. The fourth-order valence-electron chi connectivity index (χ4n) is 2.52. The fourth-order valence-corrected chi connectivity index (χ4v) is 2.78. The minimum absolute atomic E-state index is 0.0127. The van der Waals surface area contributed by atoms with Crippen LogP contribution < -0.4 is 5.32 Å². The third-order valence-electron chi connectivity index (χ3n) is 3.72. The molecule has 2 unspecified atom stereocenters. The zero-order valence-electron chi connectivity index (χ0n) is 12.6. The van der Waals surface area contributed by atoms with E-state index in [0.717, 1.165) is 10.0 Å². The molecule has 1 fully saturated rings. The van der Waals surface area contributed by atoms with Crippen molar-refractivity contribution in [1.82, 2.24) is 10.2 Å². The van der Waals surface area contributed by atoms with Gasteiger partial charge in [0.1, 0.15) is 12.1 Å². The molecule has 21 heavy (non-hydrogen) atoms. The van der Waals surface area contributed by atoms with E-state index in [1.165, 1.54) is 0 Å². The van der Waals surface area contributed by atoms with Crippen LogP contribution in [-0.2, 0) is 16.1 Å². The van der Waals surface area contributed by atoms with Gasteiger partial charge in [-0.05, 0) is 37.0 Å². The first-order valence-corrected chi connectivity index (χ1v) is 8.03. The minimum Gasteiger partial charge on any atom is -0.343 e. The Hall–Kier alpha value is -1.36. The van der Waals surface area contributed by atoms with Gasteiger partial charge in [0, 0.05) is 11.0 Å². The minimum atomic E-state index is -0.426. The Morgan fingerprint density at radius 2 is 1.86 bits per heavy atom. The van der Waals surface area contributed by atoms with E-state index < -0.39 is 12.1 Å². The Morgan fingerprint density at radius 3 is 2.43 bits per heavy atom. The number of nitrogens with zero attached hydrogens (tertiary/aromatic N) is 1. The highest BCUT2D eigenvalue weighted by molar-refractivity contribution is 9.10. The van der Waals surface area contributed by atoms with Crippen molar-refractivity contribution in [1.29, 1.82) is 0 Å². The van der Waals surface area contributed by atoms with Crippen molar-refractivity contribution in [3.8, 4) is 0 Å². The van der Waals surface area contributed by atoms with E-state index in [-0.39, 0.29) is 11.8 Å². The number of piperazine rings is 1. The third-order valence-corrected chi connectivity index (χ3v) is 4.25. The molecule has 1 N–H and O–H groups in total. The van der Waals surface area contributed by atoms with Gasteiger partial charge in [-0.25, -0.2) is 0 Å². The lowest BCUT2D eigenvalue weighted by atomic mass is 9.98. The van der Waals surface area contributed by atoms with Gasteiger partial charge in [-0.15, -0.1) is 0 Å². The van der Waals surface area contributed by atoms with Crippen LogP contribution in [0.25, 0.3) is 0 Å². The van der Waals surface area contributed by atoms with Crippen molar-refractivity contribution in [2.75, 3.05) is 0 Å².